The van der Waals surface area contributed by atoms with Crippen molar-refractivity contribution in [2.24, 2.45) is 14.1 Å². The summed E-state index contributed by atoms with van der Waals surface area (Å²) in [6, 6.07) is 7.96. The summed E-state index contributed by atoms with van der Waals surface area (Å²) in [6.07, 6.45) is 1.60. The molecule has 1 aromatic carbocycles. The first-order valence-corrected chi connectivity index (χ1v) is 9.23. The Hall–Kier alpha value is -1.89. The molecule has 7 heteroatoms. The number of aryl methyl sites for hydroxylation is 1. The number of hydrogen-bond donors (Lipinski definition) is 1. The highest BCUT2D eigenvalue weighted by atomic mass is 35.5. The molecule has 6 nitrogen and oxygen atoms in total. The molecule has 0 bridgehead atoms. The third-order valence-corrected chi connectivity index (χ3v) is 5.03. The summed E-state index contributed by atoms with van der Waals surface area (Å²) >= 11 is 6.41. The summed E-state index contributed by atoms with van der Waals surface area (Å²) in [5.74, 6) is 0. The van der Waals surface area contributed by atoms with Crippen LogP contribution >= 0.6 is 11.6 Å². The van der Waals surface area contributed by atoms with Gasteiger partial charge in [0, 0.05) is 50.0 Å². The van der Waals surface area contributed by atoms with E-state index in [1.54, 1.807) is 13.2 Å². The van der Waals surface area contributed by atoms with Gasteiger partial charge >= 0.3 is 5.69 Å². The lowest BCUT2D eigenvalue weighted by molar-refractivity contribution is 0.213. The fourth-order valence-corrected chi connectivity index (χ4v) is 3.46. The molecule has 26 heavy (non-hydrogen) atoms. The first-order valence-electron chi connectivity index (χ1n) is 8.85. The van der Waals surface area contributed by atoms with Crippen molar-refractivity contribution in [1.82, 2.24) is 19.4 Å². The highest BCUT2D eigenvalue weighted by Gasteiger charge is 2.20. The molecule has 0 saturated heterocycles. The first kappa shape index (κ1) is 20.4. The highest BCUT2D eigenvalue weighted by Crippen LogP contribution is 2.26. The molecule has 0 spiro atoms. The SMILES string of the molecule is CCN(CC)C(CNCc1cn(C)c(=O)n(C)c1=O)c1ccccc1Cl. The summed E-state index contributed by atoms with van der Waals surface area (Å²) in [6.45, 7) is 7.08. The van der Waals surface area contributed by atoms with Crippen molar-refractivity contribution in [1.29, 1.82) is 0 Å². The van der Waals surface area contributed by atoms with E-state index in [0.717, 1.165) is 28.2 Å². The predicted octanol–water partition coefficient (Wildman–Crippen LogP) is 1.91. The van der Waals surface area contributed by atoms with Crippen LogP contribution in [0.4, 0.5) is 0 Å². The average molecular weight is 379 g/mol. The van der Waals surface area contributed by atoms with Crippen LogP contribution in [-0.2, 0) is 20.6 Å². The lowest BCUT2D eigenvalue weighted by Gasteiger charge is -2.31. The van der Waals surface area contributed by atoms with Crippen molar-refractivity contribution in [3.8, 4) is 0 Å². The molecular weight excluding hydrogens is 352 g/mol. The van der Waals surface area contributed by atoms with Crippen LogP contribution in [0, 0.1) is 0 Å². The zero-order valence-corrected chi connectivity index (χ0v) is 16.6. The topological polar surface area (TPSA) is 59.3 Å². The van der Waals surface area contributed by atoms with Gasteiger partial charge in [0.2, 0.25) is 0 Å². The molecule has 2 aromatic rings. The van der Waals surface area contributed by atoms with E-state index in [-0.39, 0.29) is 17.3 Å². The summed E-state index contributed by atoms with van der Waals surface area (Å²) < 4.78 is 2.56. The second-order valence-electron chi connectivity index (χ2n) is 6.30. The Balaban J connectivity index is 2.20. The van der Waals surface area contributed by atoms with Gasteiger partial charge in [0.15, 0.2) is 0 Å². The molecule has 0 amide bonds. The largest absolute Gasteiger partial charge is 0.330 e. The van der Waals surface area contributed by atoms with Gasteiger partial charge in [0.1, 0.15) is 0 Å². The van der Waals surface area contributed by atoms with Crippen LogP contribution in [-0.4, -0.2) is 33.7 Å². The van der Waals surface area contributed by atoms with E-state index in [1.807, 2.05) is 24.3 Å². The molecule has 0 aliphatic carbocycles. The lowest BCUT2D eigenvalue weighted by Crippen LogP contribution is -2.40. The maximum Gasteiger partial charge on any atom is 0.330 e. The number of hydrogen-bond acceptors (Lipinski definition) is 4. The monoisotopic (exact) mass is 378 g/mol. The third-order valence-electron chi connectivity index (χ3n) is 4.69. The number of aromatic nitrogens is 2. The fraction of sp³-hybridized carbons (Fsp3) is 0.474. The molecule has 2 rings (SSSR count). The Bertz CT molecular complexity index is 855. The molecule has 0 fully saturated rings. The Morgan fingerprint density at radius 1 is 1.15 bits per heavy atom. The van der Waals surface area contributed by atoms with E-state index in [9.17, 15) is 9.59 Å². The van der Waals surface area contributed by atoms with Gasteiger partial charge in [-0.15, -0.1) is 0 Å². The van der Waals surface area contributed by atoms with E-state index in [0.29, 0.717) is 18.7 Å². The standard InChI is InChI=1S/C19H27ClN4O2/c1-5-24(6-2)17(15-9-7-8-10-16(15)20)12-21-11-14-13-22(3)19(26)23(4)18(14)25/h7-10,13,17,21H,5-6,11-12H2,1-4H3. The summed E-state index contributed by atoms with van der Waals surface area (Å²) in [7, 11) is 3.14. The number of nitrogens with one attached hydrogen (secondary N) is 1. The number of benzene rings is 1. The Morgan fingerprint density at radius 3 is 2.42 bits per heavy atom. The van der Waals surface area contributed by atoms with Crippen LogP contribution in [0.1, 0.15) is 31.0 Å². The van der Waals surface area contributed by atoms with Crippen LogP contribution in [0.5, 0.6) is 0 Å². The lowest BCUT2D eigenvalue weighted by atomic mass is 10.0. The van der Waals surface area contributed by atoms with Crippen molar-refractivity contribution >= 4 is 11.6 Å². The van der Waals surface area contributed by atoms with Gasteiger partial charge in [0.25, 0.3) is 5.56 Å². The third kappa shape index (κ3) is 4.44. The number of likely N-dealkylation sites (N-methyl/N-ethyl adjacent to an activating group) is 1. The van der Waals surface area contributed by atoms with Gasteiger partial charge in [-0.05, 0) is 24.7 Å². The molecule has 0 radical (unpaired) electrons. The number of nitrogens with zero attached hydrogens (tertiary/aromatic N) is 3. The van der Waals surface area contributed by atoms with Crippen LogP contribution in [0.25, 0.3) is 0 Å². The maximum atomic E-state index is 12.3. The van der Waals surface area contributed by atoms with Crippen molar-refractivity contribution in [3.63, 3.8) is 0 Å². The van der Waals surface area contributed by atoms with E-state index >= 15 is 0 Å². The molecular formula is C19H27ClN4O2. The summed E-state index contributed by atoms with van der Waals surface area (Å²) in [5, 5.41) is 4.10. The van der Waals surface area contributed by atoms with Crippen LogP contribution in [0.2, 0.25) is 5.02 Å². The molecule has 142 valence electrons. The zero-order chi connectivity index (χ0) is 19.3. The zero-order valence-electron chi connectivity index (χ0n) is 15.8. The molecule has 1 aromatic heterocycles. The number of halogens is 1. The van der Waals surface area contributed by atoms with Crippen molar-refractivity contribution in [2.45, 2.75) is 26.4 Å². The normalized spacial score (nSPS) is 12.5. The Labute approximate surface area is 159 Å². The van der Waals surface area contributed by atoms with E-state index < -0.39 is 0 Å². The number of rotatable bonds is 8. The Morgan fingerprint density at radius 2 is 1.81 bits per heavy atom. The van der Waals surface area contributed by atoms with Crippen LogP contribution in [0.15, 0.2) is 40.1 Å². The van der Waals surface area contributed by atoms with Gasteiger partial charge in [-0.3, -0.25) is 14.3 Å². The molecule has 1 unspecified atom stereocenters. The molecule has 1 N–H and O–H groups in total. The van der Waals surface area contributed by atoms with Gasteiger partial charge in [0.05, 0.1) is 0 Å². The van der Waals surface area contributed by atoms with Crippen molar-refractivity contribution in [2.75, 3.05) is 19.6 Å². The van der Waals surface area contributed by atoms with Crippen LogP contribution in [0.3, 0.4) is 0 Å². The second-order valence-corrected chi connectivity index (χ2v) is 6.71. The van der Waals surface area contributed by atoms with Gasteiger partial charge in [-0.1, -0.05) is 43.6 Å². The fourth-order valence-electron chi connectivity index (χ4n) is 3.19. The molecule has 1 atom stereocenters. The highest BCUT2D eigenvalue weighted by molar-refractivity contribution is 6.31. The molecule has 0 aliphatic heterocycles. The Kier molecular flexibility index (Phi) is 7.20. The van der Waals surface area contributed by atoms with Gasteiger partial charge in [-0.2, -0.15) is 0 Å². The minimum Gasteiger partial charge on any atom is -0.311 e. The summed E-state index contributed by atoms with van der Waals surface area (Å²) in [5.41, 5.74) is 1.04. The molecule has 0 aliphatic rings. The van der Waals surface area contributed by atoms with Crippen LogP contribution < -0.4 is 16.6 Å². The minimum atomic E-state index is -0.323. The van der Waals surface area contributed by atoms with Gasteiger partial charge < -0.3 is 9.88 Å². The van der Waals surface area contributed by atoms with Crippen molar-refractivity contribution in [3.05, 3.63) is 67.4 Å². The first-order chi connectivity index (χ1) is 12.4. The maximum absolute atomic E-state index is 12.3. The minimum absolute atomic E-state index is 0.107. The van der Waals surface area contributed by atoms with E-state index in [2.05, 4.69) is 24.1 Å². The van der Waals surface area contributed by atoms with Crippen molar-refractivity contribution < 1.29 is 0 Å². The molecule has 0 saturated carbocycles. The van der Waals surface area contributed by atoms with E-state index in [1.165, 1.54) is 11.6 Å². The molecule has 1 heterocycles. The second kappa shape index (κ2) is 9.16. The smallest absolute Gasteiger partial charge is 0.311 e. The van der Waals surface area contributed by atoms with E-state index in [4.69, 9.17) is 11.6 Å². The van der Waals surface area contributed by atoms with Gasteiger partial charge in [-0.25, -0.2) is 4.79 Å². The quantitative estimate of drug-likeness (QED) is 0.762. The average Bonchev–Trinajstić information content (AvgIpc) is 2.64. The predicted molar refractivity (Wildman–Crippen MR) is 106 cm³/mol. The summed E-state index contributed by atoms with van der Waals surface area (Å²) in [4.78, 5) is 26.4.